The van der Waals surface area contributed by atoms with E-state index in [-0.39, 0.29) is 5.91 Å². The first kappa shape index (κ1) is 26.4. The number of ether oxygens (including phenoxy) is 1. The summed E-state index contributed by atoms with van der Waals surface area (Å²) in [5.74, 6) is 0.295. The molecule has 1 amide bonds. The molecular weight excluding hydrogens is 482 g/mol. The van der Waals surface area contributed by atoms with Gasteiger partial charge in [-0.2, -0.15) is 0 Å². The second kappa shape index (κ2) is 12.6. The number of nitrogens with one attached hydrogen (secondary N) is 2. The molecular formula is C29H39N5O4. The Hall–Kier alpha value is -3.17. The van der Waals surface area contributed by atoms with Crippen molar-refractivity contribution in [1.29, 1.82) is 0 Å². The number of anilines is 2. The van der Waals surface area contributed by atoms with Gasteiger partial charge in [-0.1, -0.05) is 6.07 Å². The van der Waals surface area contributed by atoms with Crippen molar-refractivity contribution in [2.75, 3.05) is 62.7 Å². The Balaban J connectivity index is 1.06. The maximum Gasteiger partial charge on any atom is 0.326 e. The van der Waals surface area contributed by atoms with Gasteiger partial charge in [-0.15, -0.1) is 0 Å². The van der Waals surface area contributed by atoms with Crippen LogP contribution in [0.2, 0.25) is 0 Å². The average molecular weight is 522 g/mol. The molecule has 1 aromatic heterocycles. The van der Waals surface area contributed by atoms with Gasteiger partial charge in [-0.25, -0.2) is 9.78 Å². The van der Waals surface area contributed by atoms with Gasteiger partial charge < -0.3 is 30.3 Å². The molecule has 2 aromatic rings. The number of hydrogen-bond acceptors (Lipinski definition) is 7. The van der Waals surface area contributed by atoms with E-state index in [9.17, 15) is 14.7 Å². The largest absolute Gasteiger partial charge is 0.480 e. The molecule has 0 spiro atoms. The summed E-state index contributed by atoms with van der Waals surface area (Å²) in [4.78, 5) is 34.0. The lowest BCUT2D eigenvalue weighted by Gasteiger charge is -2.28. The summed E-state index contributed by atoms with van der Waals surface area (Å²) < 4.78 is 5.39. The van der Waals surface area contributed by atoms with Crippen LogP contribution >= 0.6 is 0 Å². The molecule has 3 aliphatic heterocycles. The molecule has 3 N–H and O–H groups in total. The number of rotatable bonds is 10. The highest BCUT2D eigenvalue weighted by molar-refractivity contribution is 5.96. The van der Waals surface area contributed by atoms with Crippen LogP contribution in [0.4, 0.5) is 11.5 Å². The van der Waals surface area contributed by atoms with Crippen molar-refractivity contribution in [1.82, 2.24) is 15.2 Å². The molecule has 2 fully saturated rings. The fourth-order valence-corrected chi connectivity index (χ4v) is 5.67. The van der Waals surface area contributed by atoms with Crippen LogP contribution in [0, 0.1) is 5.92 Å². The van der Waals surface area contributed by atoms with Gasteiger partial charge >= 0.3 is 5.97 Å². The quantitative estimate of drug-likeness (QED) is 0.438. The molecule has 9 heteroatoms. The van der Waals surface area contributed by atoms with Crippen molar-refractivity contribution in [3.8, 4) is 0 Å². The second-order valence-corrected chi connectivity index (χ2v) is 10.6. The number of aliphatic carboxylic acids is 1. The van der Waals surface area contributed by atoms with E-state index in [1.807, 2.05) is 12.1 Å². The number of fused-ring (bicyclic) bond motifs is 1. The number of amides is 1. The van der Waals surface area contributed by atoms with Gasteiger partial charge in [0.25, 0.3) is 5.91 Å². The predicted molar refractivity (Wildman–Crippen MR) is 147 cm³/mol. The number of carbonyl (C=O) groups is 2. The zero-order valence-electron chi connectivity index (χ0n) is 22.0. The van der Waals surface area contributed by atoms with Crippen molar-refractivity contribution in [2.24, 2.45) is 5.92 Å². The van der Waals surface area contributed by atoms with E-state index in [1.54, 1.807) is 12.1 Å². The van der Waals surface area contributed by atoms with Crippen molar-refractivity contribution in [2.45, 2.75) is 44.6 Å². The summed E-state index contributed by atoms with van der Waals surface area (Å²) in [5, 5.41) is 15.9. The van der Waals surface area contributed by atoms with Crippen molar-refractivity contribution in [3.63, 3.8) is 0 Å². The lowest BCUT2D eigenvalue weighted by molar-refractivity contribution is -0.139. The Morgan fingerprint density at radius 2 is 1.95 bits per heavy atom. The second-order valence-electron chi connectivity index (χ2n) is 10.6. The number of carbonyl (C=O) groups excluding carboxylic acids is 1. The van der Waals surface area contributed by atoms with Gasteiger partial charge in [0.05, 0.1) is 13.2 Å². The number of aryl methyl sites for hydroxylation is 2. The van der Waals surface area contributed by atoms with Crippen LogP contribution < -0.4 is 15.5 Å². The number of morpholine rings is 1. The molecule has 5 rings (SSSR count). The summed E-state index contributed by atoms with van der Waals surface area (Å²) in [6, 6.07) is 10.8. The normalized spacial score (nSPS) is 20.4. The third-order valence-corrected chi connectivity index (χ3v) is 7.97. The zero-order valence-corrected chi connectivity index (χ0v) is 22.0. The van der Waals surface area contributed by atoms with Crippen LogP contribution in [-0.2, 0) is 22.4 Å². The van der Waals surface area contributed by atoms with Crippen molar-refractivity contribution >= 4 is 23.4 Å². The molecule has 3 aliphatic rings. The summed E-state index contributed by atoms with van der Waals surface area (Å²) in [6.07, 6.45) is 5.82. The summed E-state index contributed by atoms with van der Waals surface area (Å²) in [6.45, 7) is 6.64. The molecule has 0 radical (unpaired) electrons. The highest BCUT2D eigenvalue weighted by atomic mass is 16.5. The fourth-order valence-electron chi connectivity index (χ4n) is 5.67. The SMILES string of the molecule is O=C(NC(CCN1CC[C@@H](CCc2ccc3c(n2)NCCC3)C1)C(=O)O)c1ccc(N2CCOCC2)cc1. The van der Waals surface area contributed by atoms with Crippen LogP contribution in [0.5, 0.6) is 0 Å². The van der Waals surface area contributed by atoms with Gasteiger partial charge in [-0.3, -0.25) is 4.79 Å². The van der Waals surface area contributed by atoms with E-state index in [0.717, 1.165) is 75.6 Å². The Morgan fingerprint density at radius 1 is 1.13 bits per heavy atom. The first-order valence-electron chi connectivity index (χ1n) is 14.0. The highest BCUT2D eigenvalue weighted by Gasteiger charge is 2.26. The Morgan fingerprint density at radius 3 is 2.74 bits per heavy atom. The zero-order chi connectivity index (χ0) is 26.3. The number of aromatic nitrogens is 1. The minimum Gasteiger partial charge on any atom is -0.480 e. The van der Waals surface area contributed by atoms with Gasteiger partial charge in [-0.05, 0) is 86.9 Å². The Bertz CT molecular complexity index is 1100. The minimum absolute atomic E-state index is 0.350. The molecule has 38 heavy (non-hydrogen) atoms. The van der Waals surface area contributed by atoms with Crippen LogP contribution in [0.15, 0.2) is 36.4 Å². The number of benzene rings is 1. The van der Waals surface area contributed by atoms with Crippen molar-refractivity contribution in [3.05, 3.63) is 53.2 Å². The molecule has 0 bridgehead atoms. The van der Waals surface area contributed by atoms with E-state index in [2.05, 4.69) is 32.6 Å². The molecule has 0 aliphatic carbocycles. The molecule has 4 heterocycles. The van der Waals surface area contributed by atoms with E-state index in [0.29, 0.717) is 37.7 Å². The number of nitrogens with zero attached hydrogens (tertiary/aromatic N) is 3. The number of carboxylic acids is 1. The van der Waals surface area contributed by atoms with Gasteiger partial charge in [0.1, 0.15) is 11.9 Å². The number of carboxylic acid groups (broad SMARTS) is 1. The molecule has 1 aromatic carbocycles. The van der Waals surface area contributed by atoms with Crippen LogP contribution in [0.25, 0.3) is 0 Å². The molecule has 2 atom stereocenters. The number of likely N-dealkylation sites (tertiary alicyclic amines) is 1. The minimum atomic E-state index is -0.994. The van der Waals surface area contributed by atoms with E-state index in [4.69, 9.17) is 9.72 Å². The third-order valence-electron chi connectivity index (χ3n) is 7.97. The van der Waals surface area contributed by atoms with Crippen LogP contribution in [0.1, 0.15) is 47.3 Å². The predicted octanol–water partition coefficient (Wildman–Crippen LogP) is 2.80. The third kappa shape index (κ3) is 6.82. The monoisotopic (exact) mass is 521 g/mol. The van der Waals surface area contributed by atoms with Gasteiger partial charge in [0, 0.05) is 49.7 Å². The summed E-state index contributed by atoms with van der Waals surface area (Å²) >= 11 is 0. The van der Waals surface area contributed by atoms with Gasteiger partial charge in [0.15, 0.2) is 0 Å². The Labute approximate surface area is 224 Å². The first-order chi connectivity index (χ1) is 18.5. The van der Waals surface area contributed by atoms with Crippen LogP contribution in [-0.4, -0.2) is 85.4 Å². The lowest BCUT2D eigenvalue weighted by atomic mass is 10.00. The fraction of sp³-hybridized carbons (Fsp3) is 0.552. The Kier molecular flexibility index (Phi) is 8.75. The van der Waals surface area contributed by atoms with Crippen molar-refractivity contribution < 1.29 is 19.4 Å². The molecule has 2 saturated heterocycles. The average Bonchev–Trinajstić information content (AvgIpc) is 3.42. The maximum absolute atomic E-state index is 12.8. The molecule has 9 nitrogen and oxygen atoms in total. The van der Waals surface area contributed by atoms with E-state index >= 15 is 0 Å². The smallest absolute Gasteiger partial charge is 0.326 e. The highest BCUT2D eigenvalue weighted by Crippen LogP contribution is 2.24. The molecule has 1 unspecified atom stereocenters. The number of hydrogen-bond donors (Lipinski definition) is 3. The first-order valence-corrected chi connectivity index (χ1v) is 14.0. The topological polar surface area (TPSA) is 107 Å². The summed E-state index contributed by atoms with van der Waals surface area (Å²) in [7, 11) is 0. The lowest BCUT2D eigenvalue weighted by Crippen LogP contribution is -2.43. The van der Waals surface area contributed by atoms with Crippen LogP contribution in [0.3, 0.4) is 0 Å². The molecule has 204 valence electrons. The van der Waals surface area contributed by atoms with E-state index < -0.39 is 12.0 Å². The maximum atomic E-state index is 12.8. The van der Waals surface area contributed by atoms with E-state index in [1.165, 1.54) is 12.0 Å². The summed E-state index contributed by atoms with van der Waals surface area (Å²) in [5.41, 5.74) is 3.98. The number of pyridine rings is 1. The standard InChI is InChI=1S/C29H39N5O4/c35-28(23-5-9-25(10-6-23)34-16-18-38-19-17-34)32-26(29(36)37)12-15-33-14-11-21(20-33)3-7-24-8-4-22-2-1-13-30-27(22)31-24/h4-6,8-10,21,26H,1-3,7,11-20H2,(H,30,31)(H,32,35)(H,36,37)/t21-,26?/m1/s1. The van der Waals surface area contributed by atoms with Gasteiger partial charge in [0.2, 0.25) is 0 Å². The molecule has 0 saturated carbocycles.